The van der Waals surface area contributed by atoms with E-state index in [1.165, 1.54) is 11.3 Å². The number of fused-ring (bicyclic) bond motifs is 1. The molecule has 2 rings (SSSR count). The SMILES string of the molecule is CCN(CC)C(=O)CN1CCCc2ccccc21. The Bertz CT molecular complexity index is 413. The van der Waals surface area contributed by atoms with Crippen molar-refractivity contribution >= 4 is 11.6 Å². The molecule has 98 valence electrons. The number of nitrogens with zero attached hydrogens (tertiary/aromatic N) is 2. The van der Waals surface area contributed by atoms with E-state index in [1.807, 2.05) is 18.7 Å². The molecule has 0 atom stereocenters. The van der Waals surface area contributed by atoms with Crippen molar-refractivity contribution in [3.8, 4) is 0 Å². The fourth-order valence-electron chi connectivity index (χ4n) is 2.62. The first-order valence-electron chi connectivity index (χ1n) is 6.86. The van der Waals surface area contributed by atoms with Gasteiger partial charge in [0.1, 0.15) is 0 Å². The van der Waals surface area contributed by atoms with E-state index in [9.17, 15) is 4.79 Å². The first-order chi connectivity index (χ1) is 8.76. The van der Waals surface area contributed by atoms with E-state index in [0.29, 0.717) is 6.54 Å². The second-order valence-electron chi connectivity index (χ2n) is 4.72. The molecule has 0 unspecified atom stereocenters. The minimum Gasteiger partial charge on any atom is -0.362 e. The van der Waals surface area contributed by atoms with Crippen LogP contribution in [0.3, 0.4) is 0 Å². The van der Waals surface area contributed by atoms with Gasteiger partial charge in [0.2, 0.25) is 5.91 Å². The van der Waals surface area contributed by atoms with Crippen LogP contribution in [0.5, 0.6) is 0 Å². The van der Waals surface area contributed by atoms with Crippen molar-refractivity contribution in [2.24, 2.45) is 0 Å². The summed E-state index contributed by atoms with van der Waals surface area (Å²) in [7, 11) is 0. The molecule has 3 heteroatoms. The van der Waals surface area contributed by atoms with E-state index in [0.717, 1.165) is 32.5 Å². The van der Waals surface area contributed by atoms with Crippen LogP contribution in [0.2, 0.25) is 0 Å². The number of hydrogen-bond acceptors (Lipinski definition) is 2. The van der Waals surface area contributed by atoms with Gasteiger partial charge in [-0.3, -0.25) is 4.79 Å². The molecule has 0 spiro atoms. The van der Waals surface area contributed by atoms with Crippen LogP contribution >= 0.6 is 0 Å². The Morgan fingerprint density at radius 3 is 2.72 bits per heavy atom. The zero-order valence-corrected chi connectivity index (χ0v) is 11.4. The van der Waals surface area contributed by atoms with Gasteiger partial charge in [-0.05, 0) is 38.3 Å². The second-order valence-corrected chi connectivity index (χ2v) is 4.72. The Morgan fingerprint density at radius 1 is 1.28 bits per heavy atom. The summed E-state index contributed by atoms with van der Waals surface area (Å²) in [5.41, 5.74) is 2.61. The molecule has 0 radical (unpaired) electrons. The van der Waals surface area contributed by atoms with Gasteiger partial charge in [0, 0.05) is 25.3 Å². The highest BCUT2D eigenvalue weighted by atomic mass is 16.2. The van der Waals surface area contributed by atoms with Gasteiger partial charge in [-0.2, -0.15) is 0 Å². The highest BCUT2D eigenvalue weighted by Crippen LogP contribution is 2.26. The summed E-state index contributed by atoms with van der Waals surface area (Å²) in [4.78, 5) is 16.3. The Balaban J connectivity index is 2.09. The molecule has 0 saturated heterocycles. The van der Waals surface area contributed by atoms with Crippen LogP contribution in [0, 0.1) is 0 Å². The molecule has 1 aromatic carbocycles. The van der Waals surface area contributed by atoms with Crippen molar-refractivity contribution in [1.29, 1.82) is 0 Å². The summed E-state index contributed by atoms with van der Waals surface area (Å²) < 4.78 is 0. The molecule has 1 heterocycles. The van der Waals surface area contributed by atoms with Gasteiger partial charge in [-0.1, -0.05) is 18.2 Å². The molecule has 1 amide bonds. The maximum atomic E-state index is 12.2. The molecule has 3 nitrogen and oxygen atoms in total. The maximum Gasteiger partial charge on any atom is 0.242 e. The molecule has 18 heavy (non-hydrogen) atoms. The molecule has 0 aliphatic carbocycles. The summed E-state index contributed by atoms with van der Waals surface area (Å²) in [6.45, 7) is 7.16. The number of aryl methyl sites for hydroxylation is 1. The van der Waals surface area contributed by atoms with Gasteiger partial charge in [0.15, 0.2) is 0 Å². The van der Waals surface area contributed by atoms with Crippen LogP contribution in [0.25, 0.3) is 0 Å². The molecule has 0 saturated carbocycles. The van der Waals surface area contributed by atoms with Crippen molar-refractivity contribution in [2.75, 3.05) is 31.1 Å². The fraction of sp³-hybridized carbons (Fsp3) is 0.533. The average Bonchev–Trinajstić information content (AvgIpc) is 2.40. The van der Waals surface area contributed by atoms with Gasteiger partial charge >= 0.3 is 0 Å². The van der Waals surface area contributed by atoms with E-state index in [4.69, 9.17) is 0 Å². The third-order valence-electron chi connectivity index (χ3n) is 3.65. The zero-order chi connectivity index (χ0) is 13.0. The van der Waals surface area contributed by atoms with Crippen LogP contribution in [0.4, 0.5) is 5.69 Å². The number of carbonyl (C=O) groups is 1. The van der Waals surface area contributed by atoms with E-state index in [-0.39, 0.29) is 5.91 Å². The van der Waals surface area contributed by atoms with Crippen molar-refractivity contribution in [3.63, 3.8) is 0 Å². The third-order valence-corrected chi connectivity index (χ3v) is 3.65. The molecular weight excluding hydrogens is 224 g/mol. The summed E-state index contributed by atoms with van der Waals surface area (Å²) in [5, 5.41) is 0. The minimum absolute atomic E-state index is 0.233. The Kier molecular flexibility index (Phi) is 4.24. The van der Waals surface area contributed by atoms with Gasteiger partial charge < -0.3 is 9.80 Å². The number of amides is 1. The summed E-state index contributed by atoms with van der Waals surface area (Å²) in [6, 6.07) is 8.43. The highest BCUT2D eigenvalue weighted by Gasteiger charge is 2.20. The molecule has 0 aromatic heterocycles. The summed E-state index contributed by atoms with van der Waals surface area (Å²) >= 11 is 0. The van der Waals surface area contributed by atoms with Crippen molar-refractivity contribution in [2.45, 2.75) is 26.7 Å². The van der Waals surface area contributed by atoms with E-state index in [1.54, 1.807) is 0 Å². The molecule has 1 aliphatic rings. The fourth-order valence-corrected chi connectivity index (χ4v) is 2.62. The molecule has 1 aliphatic heterocycles. The first kappa shape index (κ1) is 12.9. The number of carbonyl (C=O) groups excluding carboxylic acids is 1. The van der Waals surface area contributed by atoms with Gasteiger partial charge in [-0.25, -0.2) is 0 Å². The van der Waals surface area contributed by atoms with Crippen molar-refractivity contribution in [1.82, 2.24) is 4.90 Å². The van der Waals surface area contributed by atoms with Gasteiger partial charge in [-0.15, -0.1) is 0 Å². The lowest BCUT2D eigenvalue weighted by Crippen LogP contribution is -2.42. The Morgan fingerprint density at radius 2 is 2.00 bits per heavy atom. The lowest BCUT2D eigenvalue weighted by atomic mass is 10.0. The maximum absolute atomic E-state index is 12.2. The lowest BCUT2D eigenvalue weighted by molar-refractivity contribution is -0.129. The lowest BCUT2D eigenvalue weighted by Gasteiger charge is -2.32. The van der Waals surface area contributed by atoms with E-state index >= 15 is 0 Å². The monoisotopic (exact) mass is 246 g/mol. The summed E-state index contributed by atoms with van der Waals surface area (Å²) in [5.74, 6) is 0.233. The molecule has 0 fully saturated rings. The number of anilines is 1. The summed E-state index contributed by atoms with van der Waals surface area (Å²) in [6.07, 6.45) is 2.27. The number of hydrogen-bond donors (Lipinski definition) is 0. The Labute approximate surface area is 109 Å². The van der Waals surface area contributed by atoms with Gasteiger partial charge in [0.25, 0.3) is 0 Å². The largest absolute Gasteiger partial charge is 0.362 e. The second kappa shape index (κ2) is 5.89. The average molecular weight is 246 g/mol. The number of para-hydroxylation sites is 1. The molecule has 0 N–H and O–H groups in total. The van der Waals surface area contributed by atoms with Gasteiger partial charge in [0.05, 0.1) is 6.54 Å². The normalized spacial score (nSPS) is 14.2. The Hall–Kier alpha value is -1.51. The standard InChI is InChI=1S/C15H22N2O/c1-3-16(4-2)15(18)12-17-11-7-9-13-8-5-6-10-14(13)17/h5-6,8,10H,3-4,7,9,11-12H2,1-2H3. The third kappa shape index (κ3) is 2.66. The van der Waals surface area contributed by atoms with E-state index < -0.39 is 0 Å². The molecule has 1 aromatic rings. The zero-order valence-electron chi connectivity index (χ0n) is 11.4. The van der Waals surface area contributed by atoms with Crippen LogP contribution in [0.1, 0.15) is 25.8 Å². The van der Waals surface area contributed by atoms with Crippen LogP contribution in [-0.2, 0) is 11.2 Å². The predicted molar refractivity (Wildman–Crippen MR) is 74.9 cm³/mol. The van der Waals surface area contributed by atoms with Crippen LogP contribution in [0.15, 0.2) is 24.3 Å². The smallest absolute Gasteiger partial charge is 0.242 e. The quantitative estimate of drug-likeness (QED) is 0.814. The number of likely N-dealkylation sites (N-methyl/N-ethyl adjacent to an activating group) is 1. The number of rotatable bonds is 4. The van der Waals surface area contributed by atoms with Crippen LogP contribution in [-0.4, -0.2) is 37.0 Å². The van der Waals surface area contributed by atoms with E-state index in [2.05, 4.69) is 29.2 Å². The highest BCUT2D eigenvalue weighted by molar-refractivity contribution is 5.82. The van der Waals surface area contributed by atoms with Crippen molar-refractivity contribution < 1.29 is 4.79 Å². The molecule has 0 bridgehead atoms. The topological polar surface area (TPSA) is 23.6 Å². The minimum atomic E-state index is 0.233. The number of benzene rings is 1. The molecular formula is C15H22N2O. The first-order valence-corrected chi connectivity index (χ1v) is 6.86. The predicted octanol–water partition coefficient (Wildman–Crippen LogP) is 2.31. The van der Waals surface area contributed by atoms with Crippen molar-refractivity contribution in [3.05, 3.63) is 29.8 Å². The van der Waals surface area contributed by atoms with Crippen LogP contribution < -0.4 is 4.90 Å².